The maximum Gasteiger partial charge on any atom is 0.253 e. The summed E-state index contributed by atoms with van der Waals surface area (Å²) in [6.45, 7) is 1.49. The van der Waals surface area contributed by atoms with Crippen LogP contribution in [0.1, 0.15) is 48.9 Å². The van der Waals surface area contributed by atoms with Crippen LogP contribution in [-0.2, 0) is 9.84 Å². The molecule has 132 valence electrons. The predicted molar refractivity (Wildman–Crippen MR) is 93.9 cm³/mol. The van der Waals surface area contributed by atoms with E-state index < -0.39 is 9.84 Å². The molecule has 0 atom stereocenters. The summed E-state index contributed by atoms with van der Waals surface area (Å²) in [7, 11) is -1.30. The van der Waals surface area contributed by atoms with Crippen molar-refractivity contribution in [3.8, 4) is 0 Å². The first-order chi connectivity index (χ1) is 11.5. The maximum atomic E-state index is 12.6. The Balaban J connectivity index is 1.69. The lowest BCUT2D eigenvalue weighted by molar-refractivity contribution is 0.0707. The molecule has 0 bridgehead atoms. The van der Waals surface area contributed by atoms with E-state index in [1.807, 2.05) is 11.9 Å². The van der Waals surface area contributed by atoms with Gasteiger partial charge in [-0.3, -0.25) is 4.79 Å². The SMILES string of the molecule is CNC1CCN(C(=O)c2ccc(S(=O)(=O)C3CCCC3)cc2)CC1. The first-order valence-corrected chi connectivity index (χ1v) is 10.4. The molecule has 6 heteroatoms. The molecule has 3 rings (SSSR count). The Labute approximate surface area is 144 Å². The molecule has 1 saturated heterocycles. The van der Waals surface area contributed by atoms with Crippen molar-refractivity contribution >= 4 is 15.7 Å². The highest BCUT2D eigenvalue weighted by atomic mass is 32.2. The Morgan fingerprint density at radius 1 is 1.04 bits per heavy atom. The molecule has 1 saturated carbocycles. The van der Waals surface area contributed by atoms with Crippen molar-refractivity contribution in [2.24, 2.45) is 0 Å². The number of rotatable bonds is 4. The largest absolute Gasteiger partial charge is 0.339 e. The van der Waals surface area contributed by atoms with Gasteiger partial charge in [-0.15, -0.1) is 0 Å². The summed E-state index contributed by atoms with van der Waals surface area (Å²) in [6.07, 6.45) is 5.39. The highest BCUT2D eigenvalue weighted by Gasteiger charge is 2.30. The van der Waals surface area contributed by atoms with Crippen molar-refractivity contribution in [3.63, 3.8) is 0 Å². The quantitative estimate of drug-likeness (QED) is 0.904. The molecule has 2 fully saturated rings. The van der Waals surface area contributed by atoms with Gasteiger partial charge in [0.05, 0.1) is 10.1 Å². The molecule has 1 aliphatic heterocycles. The van der Waals surface area contributed by atoms with Crippen molar-refractivity contribution in [3.05, 3.63) is 29.8 Å². The average molecular weight is 350 g/mol. The number of hydrogen-bond donors (Lipinski definition) is 1. The molecular weight excluding hydrogens is 324 g/mol. The van der Waals surface area contributed by atoms with Crippen LogP contribution in [0.25, 0.3) is 0 Å². The first-order valence-electron chi connectivity index (χ1n) is 8.83. The van der Waals surface area contributed by atoms with Crippen LogP contribution in [0.15, 0.2) is 29.2 Å². The maximum absolute atomic E-state index is 12.6. The highest BCUT2D eigenvalue weighted by Crippen LogP contribution is 2.29. The minimum absolute atomic E-state index is 0.00522. The topological polar surface area (TPSA) is 66.5 Å². The Kier molecular flexibility index (Phi) is 5.25. The standard InChI is InChI=1S/C18H26N2O3S/c1-19-15-10-12-20(13-11-15)18(21)14-6-8-17(9-7-14)24(22,23)16-4-2-3-5-16/h6-9,15-16,19H,2-5,10-13H2,1H3. The number of nitrogens with one attached hydrogen (secondary N) is 1. The van der Waals surface area contributed by atoms with E-state index in [2.05, 4.69) is 5.32 Å². The molecule has 0 spiro atoms. The molecule has 1 heterocycles. The van der Waals surface area contributed by atoms with Gasteiger partial charge in [-0.05, 0) is 57.0 Å². The zero-order valence-corrected chi connectivity index (χ0v) is 15.0. The highest BCUT2D eigenvalue weighted by molar-refractivity contribution is 7.92. The Morgan fingerprint density at radius 3 is 2.17 bits per heavy atom. The Morgan fingerprint density at radius 2 is 1.62 bits per heavy atom. The van der Waals surface area contributed by atoms with Crippen LogP contribution in [-0.4, -0.2) is 50.7 Å². The van der Waals surface area contributed by atoms with Crippen LogP contribution in [0.5, 0.6) is 0 Å². The van der Waals surface area contributed by atoms with Crippen LogP contribution in [0.2, 0.25) is 0 Å². The molecule has 1 N–H and O–H groups in total. The number of benzene rings is 1. The van der Waals surface area contributed by atoms with Gasteiger partial charge in [0.15, 0.2) is 9.84 Å². The van der Waals surface area contributed by atoms with Crippen LogP contribution in [0.3, 0.4) is 0 Å². The van der Waals surface area contributed by atoms with Crippen LogP contribution in [0, 0.1) is 0 Å². The number of nitrogens with zero attached hydrogens (tertiary/aromatic N) is 1. The smallest absolute Gasteiger partial charge is 0.253 e. The third kappa shape index (κ3) is 3.49. The zero-order chi connectivity index (χ0) is 17.2. The van der Waals surface area contributed by atoms with Gasteiger partial charge < -0.3 is 10.2 Å². The Hall–Kier alpha value is -1.40. The van der Waals surface area contributed by atoms with Gasteiger partial charge in [-0.2, -0.15) is 0 Å². The number of hydrogen-bond acceptors (Lipinski definition) is 4. The summed E-state index contributed by atoms with van der Waals surface area (Å²) in [5.74, 6) is -0.00522. The molecule has 1 aliphatic carbocycles. The van der Waals surface area contributed by atoms with E-state index in [1.54, 1.807) is 24.3 Å². The molecule has 1 aromatic carbocycles. The van der Waals surface area contributed by atoms with Crippen LogP contribution in [0.4, 0.5) is 0 Å². The van der Waals surface area contributed by atoms with E-state index in [1.165, 1.54) is 0 Å². The number of sulfone groups is 1. The predicted octanol–water partition coefficient (Wildman–Crippen LogP) is 2.23. The normalized spacial score (nSPS) is 20.5. The minimum Gasteiger partial charge on any atom is -0.339 e. The number of likely N-dealkylation sites (tertiary alicyclic amines) is 1. The second-order valence-corrected chi connectivity index (χ2v) is 9.06. The lowest BCUT2D eigenvalue weighted by Gasteiger charge is -2.31. The molecule has 0 aromatic heterocycles. The van der Waals surface area contributed by atoms with Gasteiger partial charge in [0, 0.05) is 24.7 Å². The van der Waals surface area contributed by atoms with Gasteiger partial charge in [-0.25, -0.2) is 8.42 Å². The third-order valence-corrected chi connectivity index (χ3v) is 7.64. The van der Waals surface area contributed by atoms with Crippen molar-refractivity contribution in [1.29, 1.82) is 0 Å². The minimum atomic E-state index is -3.25. The van der Waals surface area contributed by atoms with E-state index in [9.17, 15) is 13.2 Å². The van der Waals surface area contributed by atoms with Crippen molar-refractivity contribution < 1.29 is 13.2 Å². The van der Waals surface area contributed by atoms with E-state index >= 15 is 0 Å². The van der Waals surface area contributed by atoms with Crippen molar-refractivity contribution in [2.75, 3.05) is 20.1 Å². The lowest BCUT2D eigenvalue weighted by atomic mass is 10.0. The molecule has 1 amide bonds. The molecule has 0 radical (unpaired) electrons. The van der Waals surface area contributed by atoms with E-state index in [0.717, 1.165) is 51.6 Å². The summed E-state index contributed by atoms with van der Waals surface area (Å²) in [5, 5.41) is 3.00. The summed E-state index contributed by atoms with van der Waals surface area (Å²) in [4.78, 5) is 14.8. The fourth-order valence-corrected chi connectivity index (χ4v) is 5.59. The first kappa shape index (κ1) is 17.4. The van der Waals surface area contributed by atoms with Crippen LogP contribution >= 0.6 is 0 Å². The van der Waals surface area contributed by atoms with Gasteiger partial charge in [0.2, 0.25) is 0 Å². The number of amides is 1. The Bertz CT molecular complexity index is 671. The van der Waals surface area contributed by atoms with E-state index in [-0.39, 0.29) is 11.2 Å². The molecular formula is C18H26N2O3S. The van der Waals surface area contributed by atoms with Gasteiger partial charge in [-0.1, -0.05) is 12.8 Å². The van der Waals surface area contributed by atoms with Gasteiger partial charge in [0.1, 0.15) is 0 Å². The van der Waals surface area contributed by atoms with Crippen molar-refractivity contribution in [1.82, 2.24) is 10.2 Å². The molecule has 2 aliphatic rings. The van der Waals surface area contributed by atoms with Gasteiger partial charge >= 0.3 is 0 Å². The van der Waals surface area contributed by atoms with E-state index in [4.69, 9.17) is 0 Å². The van der Waals surface area contributed by atoms with Crippen molar-refractivity contribution in [2.45, 2.75) is 54.7 Å². The third-order valence-electron chi connectivity index (χ3n) is 5.36. The molecule has 5 nitrogen and oxygen atoms in total. The number of carbonyl (C=O) groups is 1. The average Bonchev–Trinajstić information content (AvgIpc) is 3.17. The number of piperidine rings is 1. The second-order valence-electron chi connectivity index (χ2n) is 6.83. The zero-order valence-electron chi connectivity index (χ0n) is 14.2. The number of carbonyl (C=O) groups excluding carboxylic acids is 1. The monoisotopic (exact) mass is 350 g/mol. The summed E-state index contributed by atoms with van der Waals surface area (Å²) in [5.41, 5.74) is 0.572. The van der Waals surface area contributed by atoms with E-state index in [0.29, 0.717) is 16.5 Å². The fraction of sp³-hybridized carbons (Fsp3) is 0.611. The summed E-state index contributed by atoms with van der Waals surface area (Å²) < 4.78 is 25.2. The summed E-state index contributed by atoms with van der Waals surface area (Å²) in [6, 6.07) is 7.00. The second kappa shape index (κ2) is 7.23. The van der Waals surface area contributed by atoms with Crippen LogP contribution < -0.4 is 5.32 Å². The lowest BCUT2D eigenvalue weighted by Crippen LogP contribution is -2.43. The molecule has 24 heavy (non-hydrogen) atoms. The van der Waals surface area contributed by atoms with Gasteiger partial charge in [0.25, 0.3) is 5.91 Å². The molecule has 1 aromatic rings. The summed E-state index contributed by atoms with van der Waals surface area (Å²) >= 11 is 0. The molecule has 0 unspecified atom stereocenters. The fourth-order valence-electron chi connectivity index (χ4n) is 3.73.